The van der Waals surface area contributed by atoms with Crippen LogP contribution in [0.5, 0.6) is 0 Å². The zero-order valence-electron chi connectivity index (χ0n) is 11.2. The first-order valence-corrected chi connectivity index (χ1v) is 6.37. The van der Waals surface area contributed by atoms with Crippen LogP contribution in [0.2, 0.25) is 0 Å². The smallest absolute Gasteiger partial charge is 0.0515 e. The molecule has 1 rings (SSSR count). The number of hydrogen-bond donors (Lipinski definition) is 0. The Bertz CT molecular complexity index is 388. The molecule has 0 saturated carbocycles. The predicted molar refractivity (Wildman–Crippen MR) is 76.6 cm³/mol. The van der Waals surface area contributed by atoms with E-state index in [2.05, 4.69) is 62.4 Å². The number of para-hydroxylation sites is 1. The fraction of sp³-hybridized carbons (Fsp3) is 0.438. The van der Waals surface area contributed by atoms with E-state index in [9.17, 15) is 0 Å². The van der Waals surface area contributed by atoms with E-state index in [0.717, 1.165) is 6.42 Å². The van der Waals surface area contributed by atoms with Gasteiger partial charge in [-0.15, -0.1) is 5.73 Å². The number of anilines is 1. The van der Waals surface area contributed by atoms with Gasteiger partial charge in [-0.3, -0.25) is 0 Å². The van der Waals surface area contributed by atoms with Crippen molar-refractivity contribution in [2.75, 3.05) is 11.9 Å². The van der Waals surface area contributed by atoms with Crippen LogP contribution in [0.15, 0.2) is 42.7 Å². The Labute approximate surface area is 105 Å². The first-order chi connectivity index (χ1) is 8.20. The topological polar surface area (TPSA) is 3.24 Å². The maximum absolute atomic E-state index is 3.64. The molecule has 0 aliphatic carbocycles. The van der Waals surface area contributed by atoms with Crippen molar-refractivity contribution in [2.45, 2.75) is 39.2 Å². The van der Waals surface area contributed by atoms with E-state index in [1.54, 1.807) is 0 Å². The third kappa shape index (κ3) is 3.80. The Hall–Kier alpha value is -1.46. The molecule has 17 heavy (non-hydrogen) atoms. The van der Waals surface area contributed by atoms with Gasteiger partial charge in [-0.25, -0.2) is 0 Å². The molecule has 0 aliphatic heterocycles. The standard InChI is InChI=1S/C16H23N/c1-5-7-11-15-12-8-9-13-16(15)17(4)14(3)10-6-2/h8-10,12-14H,2,5,7,11H2,1,3-4H3. The molecule has 0 spiro atoms. The number of rotatable bonds is 6. The first kappa shape index (κ1) is 13.6. The van der Waals surface area contributed by atoms with Gasteiger partial charge in [-0.05, 0) is 37.5 Å². The molecule has 0 aromatic heterocycles. The van der Waals surface area contributed by atoms with Gasteiger partial charge < -0.3 is 4.90 Å². The molecule has 0 heterocycles. The van der Waals surface area contributed by atoms with Crippen molar-refractivity contribution in [3.63, 3.8) is 0 Å². The lowest BCUT2D eigenvalue weighted by Crippen LogP contribution is -2.27. The summed E-state index contributed by atoms with van der Waals surface area (Å²) in [6.07, 6.45) is 5.63. The van der Waals surface area contributed by atoms with Crippen LogP contribution < -0.4 is 4.90 Å². The maximum Gasteiger partial charge on any atom is 0.0515 e. The summed E-state index contributed by atoms with van der Waals surface area (Å²) in [5, 5.41) is 0. The summed E-state index contributed by atoms with van der Waals surface area (Å²) < 4.78 is 0. The van der Waals surface area contributed by atoms with Crippen LogP contribution in [0.1, 0.15) is 32.3 Å². The number of aryl methyl sites for hydroxylation is 1. The van der Waals surface area contributed by atoms with Gasteiger partial charge in [0.05, 0.1) is 6.04 Å². The largest absolute Gasteiger partial charge is 0.368 e. The summed E-state index contributed by atoms with van der Waals surface area (Å²) in [7, 11) is 2.13. The number of benzene rings is 1. The number of nitrogens with zero attached hydrogens (tertiary/aromatic N) is 1. The number of likely N-dealkylation sites (N-methyl/N-ethyl adjacent to an activating group) is 1. The van der Waals surface area contributed by atoms with Gasteiger partial charge in [0.1, 0.15) is 0 Å². The van der Waals surface area contributed by atoms with Gasteiger partial charge in [-0.2, -0.15) is 0 Å². The van der Waals surface area contributed by atoms with Crippen molar-refractivity contribution in [1.29, 1.82) is 0 Å². The van der Waals surface area contributed by atoms with Crippen molar-refractivity contribution in [3.05, 3.63) is 48.2 Å². The molecule has 1 heteroatoms. The lowest BCUT2D eigenvalue weighted by atomic mass is 10.0. The SMILES string of the molecule is C=C=CC(C)N(C)c1ccccc1CCCC. The summed E-state index contributed by atoms with van der Waals surface area (Å²) in [5.74, 6) is 0. The summed E-state index contributed by atoms with van der Waals surface area (Å²) in [6.45, 7) is 8.03. The van der Waals surface area contributed by atoms with Crippen LogP contribution in [0.4, 0.5) is 5.69 Å². The zero-order chi connectivity index (χ0) is 12.7. The highest BCUT2D eigenvalue weighted by atomic mass is 15.1. The van der Waals surface area contributed by atoms with Crippen molar-refractivity contribution in [2.24, 2.45) is 0 Å². The lowest BCUT2D eigenvalue weighted by molar-refractivity contribution is 0.775. The normalized spacial score (nSPS) is 11.7. The van der Waals surface area contributed by atoms with E-state index in [1.165, 1.54) is 24.1 Å². The van der Waals surface area contributed by atoms with Crippen LogP contribution in [0, 0.1) is 0 Å². The zero-order valence-corrected chi connectivity index (χ0v) is 11.2. The summed E-state index contributed by atoms with van der Waals surface area (Å²) >= 11 is 0. The van der Waals surface area contributed by atoms with Crippen LogP contribution in [0.3, 0.4) is 0 Å². The van der Waals surface area contributed by atoms with Crippen LogP contribution in [-0.4, -0.2) is 13.1 Å². The highest BCUT2D eigenvalue weighted by Gasteiger charge is 2.10. The molecule has 1 nitrogen and oxygen atoms in total. The second kappa shape index (κ2) is 6.98. The average Bonchev–Trinajstić information content (AvgIpc) is 2.36. The minimum atomic E-state index is 0.329. The fourth-order valence-electron chi connectivity index (χ4n) is 1.94. The minimum absolute atomic E-state index is 0.329. The third-order valence-corrected chi connectivity index (χ3v) is 3.14. The Kier molecular flexibility index (Phi) is 5.59. The average molecular weight is 229 g/mol. The van der Waals surface area contributed by atoms with E-state index >= 15 is 0 Å². The second-order valence-electron chi connectivity index (χ2n) is 4.45. The molecule has 1 aromatic rings. The van der Waals surface area contributed by atoms with Crippen molar-refractivity contribution < 1.29 is 0 Å². The number of hydrogen-bond acceptors (Lipinski definition) is 1. The molecule has 0 amide bonds. The Morgan fingerprint density at radius 1 is 1.41 bits per heavy atom. The first-order valence-electron chi connectivity index (χ1n) is 6.37. The van der Waals surface area contributed by atoms with Crippen molar-refractivity contribution in [3.8, 4) is 0 Å². The summed E-state index contributed by atoms with van der Waals surface area (Å²) in [4.78, 5) is 2.28. The minimum Gasteiger partial charge on any atom is -0.368 e. The molecule has 0 saturated heterocycles. The molecule has 1 aromatic carbocycles. The third-order valence-electron chi connectivity index (χ3n) is 3.14. The molecule has 0 aliphatic rings. The molecule has 0 radical (unpaired) electrons. The van der Waals surface area contributed by atoms with Gasteiger partial charge in [0.2, 0.25) is 0 Å². The molecule has 0 fully saturated rings. The fourth-order valence-corrected chi connectivity index (χ4v) is 1.94. The monoisotopic (exact) mass is 229 g/mol. The van der Waals surface area contributed by atoms with Gasteiger partial charge in [-0.1, -0.05) is 38.1 Å². The summed E-state index contributed by atoms with van der Waals surface area (Å²) in [5.41, 5.74) is 5.62. The molecule has 1 unspecified atom stereocenters. The predicted octanol–water partition coefficient (Wildman–Crippen LogP) is 4.20. The summed E-state index contributed by atoms with van der Waals surface area (Å²) in [6, 6.07) is 8.97. The maximum atomic E-state index is 3.64. The van der Waals surface area contributed by atoms with Crippen LogP contribution in [0.25, 0.3) is 0 Å². The van der Waals surface area contributed by atoms with E-state index in [0.29, 0.717) is 6.04 Å². The molecule has 0 N–H and O–H groups in total. The molecule has 92 valence electrons. The quantitative estimate of drug-likeness (QED) is 0.661. The highest BCUT2D eigenvalue weighted by molar-refractivity contribution is 5.54. The van der Waals surface area contributed by atoms with Crippen molar-refractivity contribution in [1.82, 2.24) is 0 Å². The molecule has 1 atom stereocenters. The van der Waals surface area contributed by atoms with E-state index in [1.807, 2.05) is 6.08 Å². The van der Waals surface area contributed by atoms with E-state index < -0.39 is 0 Å². The van der Waals surface area contributed by atoms with Crippen LogP contribution in [-0.2, 0) is 6.42 Å². The second-order valence-corrected chi connectivity index (χ2v) is 4.45. The Balaban J connectivity index is 2.91. The Morgan fingerprint density at radius 2 is 2.12 bits per heavy atom. The molecular weight excluding hydrogens is 206 g/mol. The van der Waals surface area contributed by atoms with E-state index in [4.69, 9.17) is 0 Å². The van der Waals surface area contributed by atoms with Gasteiger partial charge >= 0.3 is 0 Å². The number of unbranched alkanes of at least 4 members (excludes halogenated alkanes) is 1. The Morgan fingerprint density at radius 3 is 2.76 bits per heavy atom. The van der Waals surface area contributed by atoms with Crippen LogP contribution >= 0.6 is 0 Å². The molecular formula is C16H23N. The van der Waals surface area contributed by atoms with Gasteiger partial charge in [0.25, 0.3) is 0 Å². The highest BCUT2D eigenvalue weighted by Crippen LogP contribution is 2.23. The van der Waals surface area contributed by atoms with Gasteiger partial charge in [0, 0.05) is 12.7 Å². The van der Waals surface area contributed by atoms with Gasteiger partial charge in [0.15, 0.2) is 0 Å². The van der Waals surface area contributed by atoms with Crippen molar-refractivity contribution >= 4 is 5.69 Å². The molecule has 0 bridgehead atoms. The van der Waals surface area contributed by atoms with E-state index in [-0.39, 0.29) is 0 Å². The lowest BCUT2D eigenvalue weighted by Gasteiger charge is -2.26.